The molecule has 0 saturated heterocycles. The van der Waals surface area contributed by atoms with Crippen LogP contribution < -0.4 is 11.1 Å². The van der Waals surface area contributed by atoms with Gasteiger partial charge in [0.1, 0.15) is 5.82 Å². The highest BCUT2D eigenvalue weighted by molar-refractivity contribution is 5.98. The molecule has 12 heteroatoms. The molecule has 0 aliphatic heterocycles. The highest BCUT2D eigenvalue weighted by atomic mass is 16.5. The summed E-state index contributed by atoms with van der Waals surface area (Å²) in [4.78, 5) is 57.4. The first-order valence-electron chi connectivity index (χ1n) is 20.0. The number of aryl methyl sites for hydroxylation is 1. The monoisotopic (exact) mass is 790 g/mol. The molecule has 0 atom stereocenters. The standard InChI is InChI=1S/C24H29N3O3.C22H29N3O3/c1-5-13-26(14-6-2)23(28)20-11-12-21-22(15-20)27(17(3)25-21)16-18-7-9-19(10-8-18)24(29)30-4;1-4-12-25(13-5-2)21(26)18-10-11-19(23)20(14-18)24-15-16-6-8-17(9-7-16)22(27)28-3/h7-12,15H,5-6,13-14,16H2,1-4H3;6-11,14,24H,4-5,12-13,15,23H2,1-3H3. The first-order chi connectivity index (χ1) is 28.0. The number of anilines is 2. The van der Waals surface area contributed by atoms with Crippen molar-refractivity contribution in [1.29, 1.82) is 0 Å². The predicted octanol–water partition coefficient (Wildman–Crippen LogP) is 8.37. The number of nitrogens with one attached hydrogen (secondary N) is 1. The fraction of sp³-hybridized carbons (Fsp3) is 0.370. The van der Waals surface area contributed by atoms with Crippen LogP contribution in [0.3, 0.4) is 0 Å². The number of carbonyl (C=O) groups is 4. The van der Waals surface area contributed by atoms with E-state index in [9.17, 15) is 19.2 Å². The molecule has 0 saturated carbocycles. The molecule has 0 unspecified atom stereocenters. The smallest absolute Gasteiger partial charge is 0.337 e. The highest BCUT2D eigenvalue weighted by Crippen LogP contribution is 2.23. The lowest BCUT2D eigenvalue weighted by Crippen LogP contribution is -2.32. The SMILES string of the molecule is CCCN(CCC)C(=O)c1ccc(N)c(NCc2ccc(C(=O)OC)cc2)c1.CCCN(CCC)C(=O)c1ccc2nc(C)n(Cc3ccc(C(=O)OC)cc3)c2c1. The van der Waals surface area contributed by atoms with Gasteiger partial charge in [-0.15, -0.1) is 0 Å². The number of hydrogen-bond acceptors (Lipinski definition) is 9. The van der Waals surface area contributed by atoms with Crippen LogP contribution in [0.4, 0.5) is 11.4 Å². The number of nitrogens with two attached hydrogens (primary N) is 1. The molecule has 12 nitrogen and oxygen atoms in total. The van der Waals surface area contributed by atoms with Gasteiger partial charge in [-0.25, -0.2) is 14.6 Å². The molecule has 1 heterocycles. The zero-order valence-corrected chi connectivity index (χ0v) is 35.0. The Labute approximate surface area is 342 Å². The van der Waals surface area contributed by atoms with Crippen LogP contribution in [0.1, 0.15) is 112 Å². The van der Waals surface area contributed by atoms with Crippen LogP contribution in [0.5, 0.6) is 0 Å². The molecule has 5 aromatic rings. The second-order valence-electron chi connectivity index (χ2n) is 14.1. The van der Waals surface area contributed by atoms with E-state index in [-0.39, 0.29) is 23.8 Å². The summed E-state index contributed by atoms with van der Waals surface area (Å²) in [5, 5.41) is 3.28. The molecule has 0 aliphatic carbocycles. The van der Waals surface area contributed by atoms with Gasteiger partial charge in [0.25, 0.3) is 11.8 Å². The Morgan fingerprint density at radius 2 is 1.09 bits per heavy atom. The number of nitrogens with zero attached hydrogens (tertiary/aromatic N) is 4. The number of amides is 2. The van der Waals surface area contributed by atoms with E-state index in [0.717, 1.165) is 85.5 Å². The lowest BCUT2D eigenvalue weighted by Gasteiger charge is -2.22. The number of ether oxygens (including phenoxy) is 2. The van der Waals surface area contributed by atoms with Crippen molar-refractivity contribution in [2.45, 2.75) is 73.4 Å². The molecule has 0 radical (unpaired) electrons. The second kappa shape index (κ2) is 21.9. The first-order valence-corrected chi connectivity index (χ1v) is 20.0. The number of benzene rings is 4. The van der Waals surface area contributed by atoms with Crippen molar-refractivity contribution in [2.75, 3.05) is 51.4 Å². The molecule has 4 aromatic carbocycles. The maximum atomic E-state index is 13.0. The van der Waals surface area contributed by atoms with E-state index in [1.165, 1.54) is 14.2 Å². The van der Waals surface area contributed by atoms with Crippen molar-refractivity contribution in [2.24, 2.45) is 0 Å². The van der Waals surface area contributed by atoms with E-state index in [1.54, 1.807) is 42.5 Å². The maximum Gasteiger partial charge on any atom is 0.337 e. The first kappa shape index (κ1) is 44.5. The molecular formula is C46H58N6O6. The Morgan fingerprint density at radius 1 is 0.638 bits per heavy atom. The quantitative estimate of drug-likeness (QED) is 0.0700. The van der Waals surface area contributed by atoms with Crippen molar-refractivity contribution in [3.8, 4) is 0 Å². The van der Waals surface area contributed by atoms with Gasteiger partial charge in [0.2, 0.25) is 0 Å². The summed E-state index contributed by atoms with van der Waals surface area (Å²) in [6.45, 7) is 14.4. The topological polar surface area (TPSA) is 149 Å². The normalized spacial score (nSPS) is 10.7. The van der Waals surface area contributed by atoms with E-state index in [2.05, 4.69) is 42.6 Å². The summed E-state index contributed by atoms with van der Waals surface area (Å²) >= 11 is 0. The minimum Gasteiger partial charge on any atom is -0.465 e. The van der Waals surface area contributed by atoms with Crippen LogP contribution >= 0.6 is 0 Å². The Kier molecular flexibility index (Phi) is 16.9. The lowest BCUT2D eigenvalue weighted by atomic mass is 10.1. The number of carbonyl (C=O) groups excluding carboxylic acids is 4. The van der Waals surface area contributed by atoms with Crippen LogP contribution in [0.15, 0.2) is 84.9 Å². The Bertz CT molecular complexity index is 2130. The van der Waals surface area contributed by atoms with Gasteiger partial charge in [-0.1, -0.05) is 52.0 Å². The summed E-state index contributed by atoms with van der Waals surface area (Å²) in [7, 11) is 2.73. The molecule has 0 aliphatic rings. The second-order valence-corrected chi connectivity index (χ2v) is 14.1. The molecular weight excluding hydrogens is 733 g/mol. The van der Waals surface area contributed by atoms with Crippen molar-refractivity contribution in [3.05, 3.63) is 124 Å². The van der Waals surface area contributed by atoms with Crippen molar-refractivity contribution in [3.63, 3.8) is 0 Å². The van der Waals surface area contributed by atoms with Gasteiger partial charge in [-0.3, -0.25) is 9.59 Å². The van der Waals surface area contributed by atoms with Crippen molar-refractivity contribution < 1.29 is 28.7 Å². The number of nitrogen functional groups attached to an aromatic ring is 1. The number of rotatable bonds is 17. The number of hydrogen-bond donors (Lipinski definition) is 2. The van der Waals surface area contributed by atoms with Crippen molar-refractivity contribution >= 4 is 46.2 Å². The van der Waals surface area contributed by atoms with Gasteiger partial charge in [0, 0.05) is 50.4 Å². The predicted molar refractivity (Wildman–Crippen MR) is 230 cm³/mol. The Balaban J connectivity index is 0.000000257. The van der Waals surface area contributed by atoms with Crippen molar-refractivity contribution in [1.82, 2.24) is 19.4 Å². The van der Waals surface area contributed by atoms with Crippen LogP contribution in [0, 0.1) is 6.92 Å². The lowest BCUT2D eigenvalue weighted by molar-refractivity contribution is 0.0592. The van der Waals surface area contributed by atoms with E-state index >= 15 is 0 Å². The maximum absolute atomic E-state index is 13.0. The van der Waals surface area contributed by atoms with Gasteiger partial charge in [-0.2, -0.15) is 0 Å². The minimum atomic E-state index is -0.362. The summed E-state index contributed by atoms with van der Waals surface area (Å²) < 4.78 is 11.6. The van der Waals surface area contributed by atoms with Gasteiger partial charge in [0.05, 0.1) is 47.8 Å². The minimum absolute atomic E-state index is 0.0224. The number of imidazole rings is 1. The van der Waals surface area contributed by atoms with Crippen LogP contribution in [-0.4, -0.2) is 83.5 Å². The van der Waals surface area contributed by atoms with Crippen LogP contribution in [-0.2, 0) is 22.6 Å². The van der Waals surface area contributed by atoms with Crippen LogP contribution in [0.2, 0.25) is 0 Å². The van der Waals surface area contributed by atoms with E-state index in [4.69, 9.17) is 15.2 Å². The number of aromatic nitrogens is 2. The van der Waals surface area contributed by atoms with E-state index in [1.807, 2.05) is 59.2 Å². The van der Waals surface area contributed by atoms with Gasteiger partial charge >= 0.3 is 11.9 Å². The molecule has 2 amide bonds. The molecule has 58 heavy (non-hydrogen) atoms. The van der Waals surface area contributed by atoms with Gasteiger partial charge in [-0.05, 0) is 104 Å². The molecule has 0 fully saturated rings. The number of esters is 2. The average Bonchev–Trinajstić information content (AvgIpc) is 3.55. The third-order valence-corrected chi connectivity index (χ3v) is 9.61. The molecule has 0 spiro atoms. The van der Waals surface area contributed by atoms with E-state index in [0.29, 0.717) is 41.0 Å². The summed E-state index contributed by atoms with van der Waals surface area (Å²) in [5.74, 6) is 0.254. The molecule has 5 rings (SSSR count). The highest BCUT2D eigenvalue weighted by Gasteiger charge is 2.18. The summed E-state index contributed by atoms with van der Waals surface area (Å²) in [5.41, 5.74) is 13.6. The molecule has 3 N–H and O–H groups in total. The fourth-order valence-corrected chi connectivity index (χ4v) is 6.61. The average molecular weight is 791 g/mol. The molecule has 0 bridgehead atoms. The van der Waals surface area contributed by atoms with Gasteiger partial charge in [0.15, 0.2) is 0 Å². The summed E-state index contributed by atoms with van der Waals surface area (Å²) in [6.07, 6.45) is 3.72. The van der Waals surface area contributed by atoms with Gasteiger partial charge < -0.3 is 34.9 Å². The Morgan fingerprint density at radius 3 is 1.57 bits per heavy atom. The zero-order valence-electron chi connectivity index (χ0n) is 35.0. The third kappa shape index (κ3) is 11.7. The number of methoxy groups -OCH3 is 2. The molecule has 1 aromatic heterocycles. The third-order valence-electron chi connectivity index (χ3n) is 9.61. The van der Waals surface area contributed by atoms with Crippen LogP contribution in [0.25, 0.3) is 11.0 Å². The molecule has 308 valence electrons. The Hall–Kier alpha value is -6.17. The summed E-state index contributed by atoms with van der Waals surface area (Å²) in [6, 6.07) is 25.6. The number of fused-ring (bicyclic) bond motifs is 1. The van der Waals surface area contributed by atoms with E-state index < -0.39 is 0 Å². The fourth-order valence-electron chi connectivity index (χ4n) is 6.61. The largest absolute Gasteiger partial charge is 0.465 e. The zero-order chi connectivity index (χ0) is 42.2.